The molecule has 1 amide bonds. The SMILES string of the molecule is CNCCCC(=O)N1CCCC(C(C)(C)C)CC1. The number of rotatable bonds is 4. The fourth-order valence-corrected chi connectivity index (χ4v) is 2.79. The number of likely N-dealkylation sites (tertiary alicyclic amines) is 1. The quantitative estimate of drug-likeness (QED) is 0.782. The first-order chi connectivity index (χ1) is 8.45. The van der Waals surface area contributed by atoms with Crippen molar-refractivity contribution in [2.45, 2.75) is 52.9 Å². The first-order valence-electron chi connectivity index (χ1n) is 7.37. The van der Waals surface area contributed by atoms with Crippen molar-refractivity contribution in [1.29, 1.82) is 0 Å². The van der Waals surface area contributed by atoms with Crippen LogP contribution in [-0.2, 0) is 4.79 Å². The third kappa shape index (κ3) is 4.97. The van der Waals surface area contributed by atoms with E-state index in [4.69, 9.17) is 0 Å². The third-order valence-electron chi connectivity index (χ3n) is 4.12. The van der Waals surface area contributed by atoms with Gasteiger partial charge in [-0.2, -0.15) is 0 Å². The summed E-state index contributed by atoms with van der Waals surface area (Å²) in [7, 11) is 1.93. The van der Waals surface area contributed by atoms with Crippen LogP contribution in [0.2, 0.25) is 0 Å². The van der Waals surface area contributed by atoms with Crippen LogP contribution in [0.3, 0.4) is 0 Å². The smallest absolute Gasteiger partial charge is 0.222 e. The number of amides is 1. The summed E-state index contributed by atoms with van der Waals surface area (Å²) < 4.78 is 0. The Labute approximate surface area is 112 Å². The van der Waals surface area contributed by atoms with Gasteiger partial charge in [0, 0.05) is 19.5 Å². The highest BCUT2D eigenvalue weighted by Crippen LogP contribution is 2.34. The summed E-state index contributed by atoms with van der Waals surface area (Å²) in [4.78, 5) is 14.2. The summed E-state index contributed by atoms with van der Waals surface area (Å²) >= 11 is 0. The molecule has 106 valence electrons. The summed E-state index contributed by atoms with van der Waals surface area (Å²) in [6.45, 7) is 9.82. The summed E-state index contributed by atoms with van der Waals surface area (Å²) in [5, 5.41) is 3.09. The Morgan fingerprint density at radius 1 is 1.28 bits per heavy atom. The molecule has 0 aromatic rings. The van der Waals surface area contributed by atoms with E-state index in [9.17, 15) is 4.79 Å². The number of hydrogen-bond acceptors (Lipinski definition) is 2. The Morgan fingerprint density at radius 3 is 2.61 bits per heavy atom. The molecule has 0 spiro atoms. The van der Waals surface area contributed by atoms with Crippen LogP contribution in [0.4, 0.5) is 0 Å². The van der Waals surface area contributed by atoms with Gasteiger partial charge in [-0.15, -0.1) is 0 Å². The van der Waals surface area contributed by atoms with Gasteiger partial charge in [0.1, 0.15) is 0 Å². The monoisotopic (exact) mass is 254 g/mol. The Morgan fingerprint density at radius 2 is 2.00 bits per heavy atom. The minimum atomic E-state index is 0.347. The molecule has 0 bridgehead atoms. The molecule has 18 heavy (non-hydrogen) atoms. The van der Waals surface area contributed by atoms with Crippen LogP contribution < -0.4 is 5.32 Å². The van der Waals surface area contributed by atoms with Crippen molar-refractivity contribution in [3.63, 3.8) is 0 Å². The zero-order chi connectivity index (χ0) is 13.6. The van der Waals surface area contributed by atoms with Gasteiger partial charge in [0.05, 0.1) is 0 Å². The zero-order valence-electron chi connectivity index (χ0n) is 12.6. The second kappa shape index (κ2) is 7.13. The van der Waals surface area contributed by atoms with Crippen LogP contribution >= 0.6 is 0 Å². The van der Waals surface area contributed by atoms with Crippen molar-refractivity contribution in [2.75, 3.05) is 26.7 Å². The van der Waals surface area contributed by atoms with Crippen molar-refractivity contribution in [2.24, 2.45) is 11.3 Å². The van der Waals surface area contributed by atoms with E-state index in [0.717, 1.165) is 32.0 Å². The molecule has 0 aromatic carbocycles. The Hall–Kier alpha value is -0.570. The molecular formula is C15H30N2O. The molecule has 1 N–H and O–H groups in total. The van der Waals surface area contributed by atoms with E-state index < -0.39 is 0 Å². The fourth-order valence-electron chi connectivity index (χ4n) is 2.79. The lowest BCUT2D eigenvalue weighted by Crippen LogP contribution is -2.32. The first kappa shape index (κ1) is 15.5. The molecule has 1 fully saturated rings. The van der Waals surface area contributed by atoms with E-state index in [1.807, 2.05) is 7.05 Å². The summed E-state index contributed by atoms with van der Waals surface area (Å²) in [5.41, 5.74) is 0.380. The van der Waals surface area contributed by atoms with Crippen LogP contribution in [0.15, 0.2) is 0 Å². The van der Waals surface area contributed by atoms with Crippen LogP contribution in [0.5, 0.6) is 0 Å². The lowest BCUT2D eigenvalue weighted by atomic mass is 9.77. The van der Waals surface area contributed by atoms with E-state index in [-0.39, 0.29) is 0 Å². The highest BCUT2D eigenvalue weighted by molar-refractivity contribution is 5.76. The van der Waals surface area contributed by atoms with Crippen molar-refractivity contribution < 1.29 is 4.79 Å². The maximum Gasteiger partial charge on any atom is 0.222 e. The molecule has 1 heterocycles. The average molecular weight is 254 g/mol. The molecule has 3 nitrogen and oxygen atoms in total. The van der Waals surface area contributed by atoms with Gasteiger partial charge < -0.3 is 10.2 Å². The Bertz CT molecular complexity index is 258. The maximum atomic E-state index is 12.1. The maximum absolute atomic E-state index is 12.1. The molecule has 1 aliphatic heterocycles. The molecule has 3 heteroatoms. The van der Waals surface area contributed by atoms with Gasteiger partial charge in [-0.25, -0.2) is 0 Å². The molecular weight excluding hydrogens is 224 g/mol. The standard InChI is InChI=1S/C15H30N2O/c1-15(2,3)13-7-6-11-17(12-9-13)14(18)8-5-10-16-4/h13,16H,5-12H2,1-4H3. The normalized spacial score (nSPS) is 21.8. The van der Waals surface area contributed by atoms with Gasteiger partial charge in [-0.1, -0.05) is 20.8 Å². The van der Waals surface area contributed by atoms with E-state index >= 15 is 0 Å². The summed E-state index contributed by atoms with van der Waals surface area (Å²) in [6.07, 6.45) is 5.25. The molecule has 1 atom stereocenters. The highest BCUT2D eigenvalue weighted by Gasteiger charge is 2.28. The van der Waals surface area contributed by atoms with Crippen LogP contribution in [0, 0.1) is 11.3 Å². The highest BCUT2D eigenvalue weighted by atomic mass is 16.2. The van der Waals surface area contributed by atoms with Gasteiger partial charge in [0.15, 0.2) is 0 Å². The molecule has 0 aliphatic carbocycles. The van der Waals surface area contributed by atoms with E-state index in [0.29, 0.717) is 17.7 Å². The van der Waals surface area contributed by atoms with E-state index in [1.54, 1.807) is 0 Å². The van der Waals surface area contributed by atoms with Gasteiger partial charge >= 0.3 is 0 Å². The lowest BCUT2D eigenvalue weighted by molar-refractivity contribution is -0.131. The lowest BCUT2D eigenvalue weighted by Gasteiger charge is -2.29. The van der Waals surface area contributed by atoms with E-state index in [1.165, 1.54) is 19.3 Å². The molecule has 1 saturated heterocycles. The van der Waals surface area contributed by atoms with E-state index in [2.05, 4.69) is 31.0 Å². The number of carbonyl (C=O) groups excluding carboxylic acids is 1. The number of hydrogen-bond donors (Lipinski definition) is 1. The third-order valence-corrected chi connectivity index (χ3v) is 4.12. The first-order valence-corrected chi connectivity index (χ1v) is 7.37. The predicted molar refractivity (Wildman–Crippen MR) is 76.5 cm³/mol. The summed E-state index contributed by atoms with van der Waals surface area (Å²) in [6, 6.07) is 0. The number of carbonyl (C=O) groups is 1. The van der Waals surface area contributed by atoms with Gasteiger partial charge in [-0.05, 0) is 50.6 Å². The molecule has 0 radical (unpaired) electrons. The van der Waals surface area contributed by atoms with Crippen molar-refractivity contribution in [1.82, 2.24) is 10.2 Å². The van der Waals surface area contributed by atoms with Crippen molar-refractivity contribution in [3.8, 4) is 0 Å². The van der Waals surface area contributed by atoms with Crippen LogP contribution in [0.25, 0.3) is 0 Å². The zero-order valence-corrected chi connectivity index (χ0v) is 12.6. The van der Waals surface area contributed by atoms with Gasteiger partial charge in [-0.3, -0.25) is 4.79 Å². The van der Waals surface area contributed by atoms with Crippen LogP contribution in [0.1, 0.15) is 52.9 Å². The van der Waals surface area contributed by atoms with Gasteiger partial charge in [0.2, 0.25) is 5.91 Å². The number of nitrogens with zero attached hydrogens (tertiary/aromatic N) is 1. The molecule has 1 unspecified atom stereocenters. The topological polar surface area (TPSA) is 32.3 Å². The van der Waals surface area contributed by atoms with Gasteiger partial charge in [0.25, 0.3) is 0 Å². The fraction of sp³-hybridized carbons (Fsp3) is 0.933. The summed E-state index contributed by atoms with van der Waals surface area (Å²) in [5.74, 6) is 1.10. The Balaban J connectivity index is 2.39. The van der Waals surface area contributed by atoms with Crippen molar-refractivity contribution >= 4 is 5.91 Å². The average Bonchev–Trinajstić information content (AvgIpc) is 2.54. The van der Waals surface area contributed by atoms with Crippen molar-refractivity contribution in [3.05, 3.63) is 0 Å². The van der Waals surface area contributed by atoms with Crippen LogP contribution in [-0.4, -0.2) is 37.5 Å². The minimum Gasteiger partial charge on any atom is -0.343 e. The molecule has 0 aromatic heterocycles. The second-order valence-electron chi connectivity index (χ2n) is 6.58. The molecule has 1 rings (SSSR count). The molecule has 0 saturated carbocycles. The second-order valence-corrected chi connectivity index (χ2v) is 6.58. The minimum absolute atomic E-state index is 0.347. The number of nitrogens with one attached hydrogen (secondary N) is 1. The Kier molecular flexibility index (Phi) is 6.13. The largest absolute Gasteiger partial charge is 0.343 e. The predicted octanol–water partition coefficient (Wildman–Crippen LogP) is 2.66. The molecule has 1 aliphatic rings.